The second-order valence-electron chi connectivity index (χ2n) is 8.74. The third-order valence-corrected chi connectivity index (χ3v) is 8.01. The number of para-hydroxylation sites is 1. The molecular weight excluding hydrogens is 466 g/mol. The number of piperazine rings is 1. The van der Waals surface area contributed by atoms with E-state index in [2.05, 4.69) is 0 Å². The number of hydrogen-bond acceptors (Lipinski definition) is 5. The van der Waals surface area contributed by atoms with Gasteiger partial charge in [0, 0.05) is 50.6 Å². The van der Waals surface area contributed by atoms with Crippen molar-refractivity contribution < 1.29 is 22.7 Å². The van der Waals surface area contributed by atoms with E-state index < -0.39 is 10.0 Å². The number of benzene rings is 2. The van der Waals surface area contributed by atoms with E-state index in [4.69, 9.17) is 4.74 Å². The van der Waals surface area contributed by atoms with Crippen LogP contribution in [0, 0.1) is 5.92 Å². The number of nitrogens with zero attached hydrogens (tertiary/aromatic N) is 3. The van der Waals surface area contributed by atoms with Crippen LogP contribution in [0.3, 0.4) is 0 Å². The number of rotatable bonds is 7. The standard InChI is InChI=1S/C26H31N3O5S/c30-25(21-34-24-9-5-2-6-10-24)27-14-11-23(12-15-27)26(31)28-16-18-29(19-17-28)35(32,33)20-13-22-7-3-1-4-8-22/h1-10,13,20,23H,11-12,14-19,21H2/b20-13+. The van der Waals surface area contributed by atoms with E-state index in [1.54, 1.807) is 15.9 Å². The molecule has 186 valence electrons. The molecule has 0 atom stereocenters. The summed E-state index contributed by atoms with van der Waals surface area (Å²) in [4.78, 5) is 29.0. The lowest BCUT2D eigenvalue weighted by molar-refractivity contribution is -0.142. The minimum Gasteiger partial charge on any atom is -0.484 e. The van der Waals surface area contributed by atoms with E-state index >= 15 is 0 Å². The first kappa shape index (κ1) is 24.9. The molecular formula is C26H31N3O5S. The van der Waals surface area contributed by atoms with Gasteiger partial charge < -0.3 is 14.5 Å². The molecule has 2 aromatic carbocycles. The Morgan fingerprint density at radius 1 is 0.829 bits per heavy atom. The summed E-state index contributed by atoms with van der Waals surface area (Å²) in [6.07, 6.45) is 2.80. The van der Waals surface area contributed by atoms with Crippen LogP contribution in [0.15, 0.2) is 66.1 Å². The number of sulfonamides is 1. The quantitative estimate of drug-likeness (QED) is 0.587. The number of carbonyl (C=O) groups excluding carboxylic acids is 2. The topological polar surface area (TPSA) is 87.2 Å². The zero-order valence-corrected chi connectivity index (χ0v) is 20.5. The van der Waals surface area contributed by atoms with Crippen molar-refractivity contribution in [3.8, 4) is 5.75 Å². The van der Waals surface area contributed by atoms with Crippen molar-refractivity contribution in [2.75, 3.05) is 45.9 Å². The third-order valence-electron chi connectivity index (χ3n) is 6.44. The Balaban J connectivity index is 1.21. The molecule has 0 aromatic heterocycles. The van der Waals surface area contributed by atoms with Crippen LogP contribution in [-0.4, -0.2) is 80.2 Å². The zero-order chi connectivity index (χ0) is 24.7. The molecule has 2 fully saturated rings. The summed E-state index contributed by atoms with van der Waals surface area (Å²) >= 11 is 0. The van der Waals surface area contributed by atoms with E-state index in [0.717, 1.165) is 5.56 Å². The van der Waals surface area contributed by atoms with Gasteiger partial charge in [0.1, 0.15) is 5.75 Å². The molecule has 0 aliphatic carbocycles. The third kappa shape index (κ3) is 6.70. The molecule has 0 bridgehead atoms. The largest absolute Gasteiger partial charge is 0.484 e. The number of amides is 2. The van der Waals surface area contributed by atoms with Gasteiger partial charge in [-0.15, -0.1) is 0 Å². The van der Waals surface area contributed by atoms with Gasteiger partial charge in [0.15, 0.2) is 6.61 Å². The van der Waals surface area contributed by atoms with E-state index in [1.165, 1.54) is 9.71 Å². The van der Waals surface area contributed by atoms with E-state index in [-0.39, 0.29) is 37.4 Å². The highest BCUT2D eigenvalue weighted by atomic mass is 32.2. The minimum absolute atomic E-state index is 0.0161. The molecule has 2 aromatic rings. The summed E-state index contributed by atoms with van der Waals surface area (Å²) in [5.74, 6) is 0.481. The van der Waals surface area contributed by atoms with Crippen LogP contribution >= 0.6 is 0 Å². The Labute approximate surface area is 206 Å². The first-order valence-electron chi connectivity index (χ1n) is 11.9. The Hall–Kier alpha value is -3.17. The van der Waals surface area contributed by atoms with Crippen LogP contribution < -0.4 is 4.74 Å². The van der Waals surface area contributed by atoms with Crippen LogP contribution in [-0.2, 0) is 19.6 Å². The molecule has 2 heterocycles. The van der Waals surface area contributed by atoms with Crippen molar-refractivity contribution in [1.29, 1.82) is 0 Å². The normalized spacial score (nSPS) is 18.1. The summed E-state index contributed by atoms with van der Waals surface area (Å²) in [5, 5.41) is 1.23. The van der Waals surface area contributed by atoms with Crippen LogP contribution in [0.2, 0.25) is 0 Å². The van der Waals surface area contributed by atoms with Crippen LogP contribution in [0.1, 0.15) is 18.4 Å². The fourth-order valence-corrected chi connectivity index (χ4v) is 5.54. The summed E-state index contributed by atoms with van der Waals surface area (Å²) < 4.78 is 32.3. The van der Waals surface area contributed by atoms with Crippen LogP contribution in [0.5, 0.6) is 5.75 Å². The van der Waals surface area contributed by atoms with Crippen molar-refractivity contribution in [3.63, 3.8) is 0 Å². The predicted molar refractivity (Wildman–Crippen MR) is 134 cm³/mol. The summed E-state index contributed by atoms with van der Waals surface area (Å²) in [6, 6.07) is 18.5. The molecule has 4 rings (SSSR count). The SMILES string of the molecule is O=C(COc1ccccc1)N1CCC(C(=O)N2CCN(S(=O)(=O)/C=C/c3ccccc3)CC2)CC1. The van der Waals surface area contributed by atoms with Crippen molar-refractivity contribution in [1.82, 2.24) is 14.1 Å². The number of likely N-dealkylation sites (tertiary alicyclic amines) is 1. The van der Waals surface area contributed by atoms with Gasteiger partial charge in [0.2, 0.25) is 15.9 Å². The van der Waals surface area contributed by atoms with Gasteiger partial charge >= 0.3 is 0 Å². The number of carbonyl (C=O) groups is 2. The maximum Gasteiger partial charge on any atom is 0.260 e. The molecule has 0 N–H and O–H groups in total. The van der Waals surface area contributed by atoms with E-state index in [9.17, 15) is 18.0 Å². The molecule has 9 heteroatoms. The first-order chi connectivity index (χ1) is 16.9. The molecule has 35 heavy (non-hydrogen) atoms. The molecule has 2 aliphatic heterocycles. The van der Waals surface area contributed by atoms with Crippen molar-refractivity contribution in [3.05, 3.63) is 71.6 Å². The summed E-state index contributed by atoms with van der Waals surface area (Å²) in [5.41, 5.74) is 0.821. The fraction of sp³-hybridized carbons (Fsp3) is 0.385. The Morgan fingerprint density at radius 2 is 1.43 bits per heavy atom. The summed E-state index contributed by atoms with van der Waals surface area (Å²) in [7, 11) is -3.54. The van der Waals surface area contributed by atoms with E-state index in [0.29, 0.717) is 44.8 Å². The molecule has 0 spiro atoms. The van der Waals surface area contributed by atoms with Crippen molar-refractivity contribution in [2.24, 2.45) is 5.92 Å². The monoisotopic (exact) mass is 497 g/mol. The molecule has 0 radical (unpaired) electrons. The van der Waals surface area contributed by atoms with Gasteiger partial charge in [0.25, 0.3) is 5.91 Å². The molecule has 2 aliphatic rings. The highest BCUT2D eigenvalue weighted by Gasteiger charge is 2.33. The molecule has 0 saturated carbocycles. The zero-order valence-electron chi connectivity index (χ0n) is 19.7. The molecule has 2 saturated heterocycles. The number of piperidine rings is 1. The van der Waals surface area contributed by atoms with Crippen molar-refractivity contribution >= 4 is 27.9 Å². The lowest BCUT2D eigenvalue weighted by Gasteiger charge is -2.37. The lowest BCUT2D eigenvalue weighted by atomic mass is 9.95. The lowest BCUT2D eigenvalue weighted by Crippen LogP contribution is -2.53. The Kier molecular flexibility index (Phi) is 8.20. The van der Waals surface area contributed by atoms with Gasteiger partial charge in [-0.3, -0.25) is 9.59 Å². The second kappa shape index (κ2) is 11.5. The smallest absolute Gasteiger partial charge is 0.260 e. The fourth-order valence-electron chi connectivity index (χ4n) is 4.36. The first-order valence-corrected chi connectivity index (χ1v) is 13.4. The Bertz CT molecular complexity index is 1120. The molecule has 2 amide bonds. The van der Waals surface area contributed by atoms with Gasteiger partial charge in [-0.25, -0.2) is 8.42 Å². The molecule has 0 unspecified atom stereocenters. The average molecular weight is 498 g/mol. The maximum atomic E-state index is 13.0. The number of ether oxygens (including phenoxy) is 1. The minimum atomic E-state index is -3.54. The second-order valence-corrected chi connectivity index (χ2v) is 10.6. The highest BCUT2D eigenvalue weighted by Crippen LogP contribution is 2.22. The van der Waals surface area contributed by atoms with E-state index in [1.807, 2.05) is 60.7 Å². The van der Waals surface area contributed by atoms with Crippen molar-refractivity contribution in [2.45, 2.75) is 12.8 Å². The van der Waals surface area contributed by atoms with Crippen LogP contribution in [0.25, 0.3) is 6.08 Å². The van der Waals surface area contributed by atoms with Gasteiger partial charge in [0.05, 0.1) is 0 Å². The average Bonchev–Trinajstić information content (AvgIpc) is 2.91. The Morgan fingerprint density at radius 3 is 2.06 bits per heavy atom. The predicted octanol–water partition coefficient (Wildman–Crippen LogP) is 2.45. The highest BCUT2D eigenvalue weighted by molar-refractivity contribution is 7.92. The van der Waals surface area contributed by atoms with Crippen LogP contribution in [0.4, 0.5) is 0 Å². The van der Waals surface area contributed by atoms with Gasteiger partial charge in [-0.2, -0.15) is 4.31 Å². The van der Waals surface area contributed by atoms with Gasteiger partial charge in [-0.1, -0.05) is 48.5 Å². The number of hydrogen-bond donors (Lipinski definition) is 0. The maximum absolute atomic E-state index is 13.0. The summed E-state index contributed by atoms with van der Waals surface area (Å²) in [6.45, 7) is 2.33. The molecule has 8 nitrogen and oxygen atoms in total. The van der Waals surface area contributed by atoms with Gasteiger partial charge in [-0.05, 0) is 36.6 Å².